The Kier molecular flexibility index (Phi) is 5.73. The Bertz CT molecular complexity index is 1000. The Morgan fingerprint density at radius 3 is 2.58 bits per heavy atom. The van der Waals surface area contributed by atoms with Gasteiger partial charge in [-0.15, -0.1) is 0 Å². The number of rotatable bonds is 4. The van der Waals surface area contributed by atoms with Gasteiger partial charge in [0.15, 0.2) is 11.6 Å². The summed E-state index contributed by atoms with van der Waals surface area (Å²) in [4.78, 5) is 24.0. The maximum absolute atomic E-state index is 12.2. The van der Waals surface area contributed by atoms with Gasteiger partial charge in [-0.05, 0) is 86.7 Å². The molecule has 0 amide bonds. The predicted octanol–water partition coefficient (Wildman–Crippen LogP) is 5.00. The first-order valence-corrected chi connectivity index (χ1v) is 12.6. The average Bonchev–Trinajstić information content (AvgIpc) is 3.07. The summed E-state index contributed by atoms with van der Waals surface area (Å²) in [6.07, 6.45) is 11.7. The number of aliphatic hydroxyl groups excluding tert-OH is 1. The number of Topliss-reactive ketones (excluding diaryl/α,β-unsaturated/α-hetero) is 1. The lowest BCUT2D eigenvalue weighted by Gasteiger charge is -2.58. The van der Waals surface area contributed by atoms with Crippen molar-refractivity contribution in [1.29, 1.82) is 0 Å². The maximum atomic E-state index is 12.2. The summed E-state index contributed by atoms with van der Waals surface area (Å²) < 4.78 is 0. The molecule has 1 aromatic carbocycles. The molecule has 4 aliphatic carbocycles. The fourth-order valence-electron chi connectivity index (χ4n) is 8.17. The number of allylic oxidation sites excluding steroid dienone is 1. The smallest absolute Gasteiger partial charge is 0.159 e. The normalized spacial score (nSPS) is 40.2. The molecule has 5 rings (SSSR count). The second kappa shape index (κ2) is 8.32. The SMILES string of the molecule is CC(=O)c1ccc([C@H]2C[C@@]3(C)[C@@H](CC[C@@]3(O)/C=C\CO)[C@@H]3CCC4=CC(=O)CC[C@@H]4[C@H]32)cc1. The molecule has 7 atom stereocenters. The highest BCUT2D eigenvalue weighted by atomic mass is 16.3. The van der Waals surface area contributed by atoms with Gasteiger partial charge >= 0.3 is 0 Å². The van der Waals surface area contributed by atoms with Crippen LogP contribution in [0.2, 0.25) is 0 Å². The van der Waals surface area contributed by atoms with Gasteiger partial charge in [0.25, 0.3) is 0 Å². The Balaban J connectivity index is 1.59. The van der Waals surface area contributed by atoms with E-state index in [9.17, 15) is 19.8 Å². The minimum atomic E-state index is -0.915. The summed E-state index contributed by atoms with van der Waals surface area (Å²) in [7, 11) is 0. The highest BCUT2D eigenvalue weighted by Crippen LogP contribution is 2.68. The van der Waals surface area contributed by atoms with Crippen molar-refractivity contribution in [2.75, 3.05) is 6.61 Å². The number of hydrogen-bond acceptors (Lipinski definition) is 4. The minimum absolute atomic E-state index is 0.0602. The van der Waals surface area contributed by atoms with E-state index in [0.717, 1.165) is 44.1 Å². The molecule has 0 spiro atoms. The van der Waals surface area contributed by atoms with Crippen molar-refractivity contribution in [1.82, 2.24) is 0 Å². The first-order chi connectivity index (χ1) is 15.8. The molecule has 176 valence electrons. The number of benzene rings is 1. The quantitative estimate of drug-likeness (QED) is 0.502. The van der Waals surface area contributed by atoms with Crippen LogP contribution in [0.15, 0.2) is 48.1 Å². The standard InChI is InChI=1S/C29H36O4/c1-18(31)19-4-6-20(7-5-19)25-17-28(2)26(12-14-29(28,33)13-3-15-30)24-10-8-21-16-22(32)9-11-23(21)27(24)25/h3-7,13,16,23-27,30,33H,8-12,14-15,17H2,1-2H3/b13-3-/t23-,24-,25+,26-,27+,28-,29-/m0/s1. The lowest BCUT2D eigenvalue weighted by molar-refractivity contribution is -0.117. The van der Waals surface area contributed by atoms with Crippen molar-refractivity contribution >= 4 is 11.6 Å². The van der Waals surface area contributed by atoms with E-state index in [0.29, 0.717) is 30.1 Å². The lowest BCUT2D eigenvalue weighted by Crippen LogP contribution is -2.54. The number of carbonyl (C=O) groups excluding carboxylic acids is 2. The summed E-state index contributed by atoms with van der Waals surface area (Å²) >= 11 is 0. The van der Waals surface area contributed by atoms with Crippen molar-refractivity contribution in [2.24, 2.45) is 29.1 Å². The van der Waals surface area contributed by atoms with Crippen LogP contribution in [0.3, 0.4) is 0 Å². The fourth-order valence-corrected chi connectivity index (χ4v) is 8.17. The number of fused-ring (bicyclic) bond motifs is 5. The van der Waals surface area contributed by atoms with Crippen LogP contribution in [0.25, 0.3) is 0 Å². The van der Waals surface area contributed by atoms with E-state index in [-0.39, 0.29) is 29.5 Å². The molecule has 0 aliphatic heterocycles. The molecule has 0 radical (unpaired) electrons. The van der Waals surface area contributed by atoms with Gasteiger partial charge in [-0.2, -0.15) is 0 Å². The first-order valence-electron chi connectivity index (χ1n) is 12.6. The number of hydrogen-bond donors (Lipinski definition) is 2. The van der Waals surface area contributed by atoms with E-state index < -0.39 is 5.60 Å². The lowest BCUT2D eigenvalue weighted by atomic mass is 9.46. The Morgan fingerprint density at radius 1 is 1.12 bits per heavy atom. The molecule has 0 aromatic heterocycles. The zero-order valence-corrected chi connectivity index (χ0v) is 19.8. The summed E-state index contributed by atoms with van der Waals surface area (Å²) in [6.45, 7) is 3.80. The van der Waals surface area contributed by atoms with Gasteiger partial charge < -0.3 is 10.2 Å². The van der Waals surface area contributed by atoms with Crippen molar-refractivity contribution in [3.05, 3.63) is 59.2 Å². The minimum Gasteiger partial charge on any atom is -0.392 e. The summed E-state index contributed by atoms with van der Waals surface area (Å²) in [5.74, 6) is 2.45. The molecule has 3 fully saturated rings. The van der Waals surface area contributed by atoms with Crippen molar-refractivity contribution in [2.45, 2.75) is 70.3 Å². The molecular formula is C29H36O4. The third kappa shape index (κ3) is 3.57. The Morgan fingerprint density at radius 2 is 1.88 bits per heavy atom. The molecule has 4 aliphatic rings. The van der Waals surface area contributed by atoms with E-state index in [1.807, 2.05) is 24.3 Å². The number of carbonyl (C=O) groups is 2. The van der Waals surface area contributed by atoms with Gasteiger partial charge in [-0.1, -0.05) is 48.9 Å². The van der Waals surface area contributed by atoms with Gasteiger partial charge in [-0.3, -0.25) is 9.59 Å². The van der Waals surface area contributed by atoms with Gasteiger partial charge in [0, 0.05) is 17.4 Å². The van der Waals surface area contributed by atoms with Crippen LogP contribution < -0.4 is 0 Å². The van der Waals surface area contributed by atoms with Gasteiger partial charge in [0.05, 0.1) is 12.2 Å². The van der Waals surface area contributed by atoms with Crippen molar-refractivity contribution in [3.8, 4) is 0 Å². The Hall–Kier alpha value is -2.04. The third-order valence-electron chi connectivity index (χ3n) is 9.76. The highest BCUT2D eigenvalue weighted by Gasteiger charge is 2.63. The van der Waals surface area contributed by atoms with Gasteiger partial charge in [0.1, 0.15) is 0 Å². The van der Waals surface area contributed by atoms with Crippen LogP contribution in [0, 0.1) is 29.1 Å². The van der Waals surface area contributed by atoms with Crippen LogP contribution >= 0.6 is 0 Å². The van der Waals surface area contributed by atoms with E-state index in [1.54, 1.807) is 13.0 Å². The summed E-state index contributed by atoms with van der Waals surface area (Å²) in [5, 5.41) is 21.2. The summed E-state index contributed by atoms with van der Waals surface area (Å²) in [5.41, 5.74) is 2.13. The molecule has 4 heteroatoms. The van der Waals surface area contributed by atoms with E-state index in [4.69, 9.17) is 0 Å². The summed E-state index contributed by atoms with van der Waals surface area (Å²) in [6, 6.07) is 8.12. The topological polar surface area (TPSA) is 74.6 Å². The molecule has 4 nitrogen and oxygen atoms in total. The molecule has 0 heterocycles. The van der Waals surface area contributed by atoms with E-state index >= 15 is 0 Å². The second-order valence-corrected chi connectivity index (χ2v) is 11.2. The molecule has 1 aromatic rings. The molecular weight excluding hydrogens is 412 g/mol. The monoisotopic (exact) mass is 448 g/mol. The highest BCUT2D eigenvalue weighted by molar-refractivity contribution is 5.94. The van der Waals surface area contributed by atoms with Crippen molar-refractivity contribution < 1.29 is 19.8 Å². The van der Waals surface area contributed by atoms with Gasteiger partial charge in [0.2, 0.25) is 0 Å². The van der Waals surface area contributed by atoms with Crippen LogP contribution in [0.4, 0.5) is 0 Å². The van der Waals surface area contributed by atoms with Crippen LogP contribution in [-0.4, -0.2) is 34.0 Å². The maximum Gasteiger partial charge on any atom is 0.159 e. The number of ketones is 2. The van der Waals surface area contributed by atoms with Gasteiger partial charge in [-0.25, -0.2) is 0 Å². The molecule has 3 saturated carbocycles. The second-order valence-electron chi connectivity index (χ2n) is 11.2. The van der Waals surface area contributed by atoms with Crippen molar-refractivity contribution in [3.63, 3.8) is 0 Å². The Labute approximate surface area is 196 Å². The van der Waals surface area contributed by atoms with E-state index in [1.165, 1.54) is 11.1 Å². The third-order valence-corrected chi connectivity index (χ3v) is 9.76. The van der Waals surface area contributed by atoms with Crippen LogP contribution in [0.1, 0.15) is 80.6 Å². The largest absolute Gasteiger partial charge is 0.392 e. The van der Waals surface area contributed by atoms with E-state index in [2.05, 4.69) is 19.1 Å². The fraction of sp³-hybridized carbons (Fsp3) is 0.586. The first kappa shape index (κ1) is 22.7. The van der Waals surface area contributed by atoms with Crippen LogP contribution in [-0.2, 0) is 4.79 Å². The molecule has 2 N–H and O–H groups in total. The van der Waals surface area contributed by atoms with Crippen LogP contribution in [0.5, 0.6) is 0 Å². The average molecular weight is 449 g/mol. The molecule has 0 bridgehead atoms. The molecule has 33 heavy (non-hydrogen) atoms. The number of aliphatic hydroxyl groups is 2. The zero-order valence-electron chi connectivity index (χ0n) is 19.8. The zero-order chi connectivity index (χ0) is 23.4. The molecule has 0 saturated heterocycles. The predicted molar refractivity (Wildman–Crippen MR) is 128 cm³/mol. The molecule has 0 unspecified atom stereocenters.